The van der Waals surface area contributed by atoms with Gasteiger partial charge in [-0.25, -0.2) is 4.90 Å². The third-order valence-electron chi connectivity index (χ3n) is 3.46. The number of hydrogen-bond donors (Lipinski definition) is 0. The summed E-state index contributed by atoms with van der Waals surface area (Å²) in [5, 5.41) is -0.222. The minimum Gasteiger partial charge on any atom is -0.268 e. The third-order valence-corrected chi connectivity index (χ3v) is 5.26. The lowest BCUT2D eigenvalue weighted by molar-refractivity contribution is 0.0926. The number of nitrogens with zero attached hydrogens (tertiary/aromatic N) is 1. The third kappa shape index (κ3) is 2.04. The highest BCUT2D eigenvalue weighted by atomic mass is 35.5. The first kappa shape index (κ1) is 15.6. The highest BCUT2D eigenvalue weighted by molar-refractivity contribution is 6.56. The van der Waals surface area contributed by atoms with Crippen molar-refractivity contribution in [3.8, 4) is 0 Å². The number of rotatable bonds is 1. The molecule has 3 nitrogen and oxygen atoms in total. The summed E-state index contributed by atoms with van der Waals surface area (Å²) in [6.45, 7) is 1.79. The van der Waals surface area contributed by atoms with E-state index in [-0.39, 0.29) is 31.2 Å². The number of amides is 2. The molecule has 0 saturated heterocycles. The van der Waals surface area contributed by atoms with Crippen molar-refractivity contribution in [2.75, 3.05) is 4.90 Å². The van der Waals surface area contributed by atoms with E-state index >= 15 is 0 Å². The van der Waals surface area contributed by atoms with Crippen molar-refractivity contribution in [1.29, 1.82) is 0 Å². The summed E-state index contributed by atoms with van der Waals surface area (Å²) in [6, 6.07) is 7.00. The van der Waals surface area contributed by atoms with Crippen molar-refractivity contribution in [2.24, 2.45) is 0 Å². The molecular formula is C15H7Cl4NO2. The molecule has 0 aromatic heterocycles. The summed E-state index contributed by atoms with van der Waals surface area (Å²) >= 11 is 24.1. The topological polar surface area (TPSA) is 37.4 Å². The van der Waals surface area contributed by atoms with E-state index < -0.39 is 11.8 Å². The normalized spacial score (nSPS) is 13.8. The monoisotopic (exact) mass is 373 g/mol. The molecule has 0 bridgehead atoms. The van der Waals surface area contributed by atoms with Crippen molar-refractivity contribution in [2.45, 2.75) is 6.92 Å². The minimum atomic E-state index is -0.570. The van der Waals surface area contributed by atoms with Crippen LogP contribution in [-0.2, 0) is 0 Å². The predicted octanol–water partition coefficient (Wildman–Crippen LogP) is 5.41. The van der Waals surface area contributed by atoms with Gasteiger partial charge in [0.2, 0.25) is 0 Å². The van der Waals surface area contributed by atoms with Crippen LogP contribution in [0.1, 0.15) is 26.3 Å². The van der Waals surface area contributed by atoms with Crippen LogP contribution >= 0.6 is 46.4 Å². The molecular weight excluding hydrogens is 368 g/mol. The minimum absolute atomic E-state index is 0.0191. The van der Waals surface area contributed by atoms with Crippen LogP contribution in [0.25, 0.3) is 0 Å². The Balaban J connectivity index is 2.29. The van der Waals surface area contributed by atoms with Crippen LogP contribution in [-0.4, -0.2) is 11.8 Å². The number of para-hydroxylation sites is 1. The summed E-state index contributed by atoms with van der Waals surface area (Å²) in [5.74, 6) is -1.14. The number of anilines is 1. The SMILES string of the molecule is Cc1ccccc1N1C(=O)c2c(Cl)c(Cl)c(Cl)c(Cl)c2C1=O. The molecule has 0 N–H and O–H groups in total. The van der Waals surface area contributed by atoms with E-state index in [2.05, 4.69) is 0 Å². The highest BCUT2D eigenvalue weighted by Gasteiger charge is 2.42. The zero-order valence-corrected chi connectivity index (χ0v) is 14.1. The fourth-order valence-electron chi connectivity index (χ4n) is 2.38. The molecule has 0 spiro atoms. The number of imide groups is 1. The predicted molar refractivity (Wildman–Crippen MR) is 88.8 cm³/mol. The summed E-state index contributed by atoms with van der Waals surface area (Å²) in [5.41, 5.74) is 1.19. The standard InChI is InChI=1S/C15H7Cl4NO2/c1-6-4-2-3-5-7(6)20-14(21)8-9(15(20)22)11(17)13(19)12(18)10(8)16/h2-5H,1H3. The Morgan fingerprint density at radius 1 is 0.773 bits per heavy atom. The van der Waals surface area contributed by atoms with Gasteiger partial charge in [-0.1, -0.05) is 64.6 Å². The van der Waals surface area contributed by atoms with Gasteiger partial charge in [0.1, 0.15) is 0 Å². The van der Waals surface area contributed by atoms with Crippen LogP contribution in [0.2, 0.25) is 20.1 Å². The Morgan fingerprint density at radius 3 is 1.68 bits per heavy atom. The van der Waals surface area contributed by atoms with Crippen molar-refractivity contribution in [1.82, 2.24) is 0 Å². The second-order valence-electron chi connectivity index (χ2n) is 4.74. The van der Waals surface area contributed by atoms with Gasteiger partial charge in [0.05, 0.1) is 36.9 Å². The Kier molecular flexibility index (Phi) is 3.86. The van der Waals surface area contributed by atoms with E-state index in [0.717, 1.165) is 10.5 Å². The van der Waals surface area contributed by atoms with Crippen LogP contribution in [0.4, 0.5) is 5.69 Å². The number of halogens is 4. The molecule has 1 aliphatic heterocycles. The largest absolute Gasteiger partial charge is 0.268 e. The molecule has 0 radical (unpaired) electrons. The molecule has 0 fully saturated rings. The van der Waals surface area contributed by atoms with Gasteiger partial charge < -0.3 is 0 Å². The van der Waals surface area contributed by atoms with Crippen LogP contribution in [0.15, 0.2) is 24.3 Å². The number of fused-ring (bicyclic) bond motifs is 1. The molecule has 7 heteroatoms. The summed E-state index contributed by atoms with van der Waals surface area (Å²) in [4.78, 5) is 26.3. The molecule has 2 aromatic rings. The summed E-state index contributed by atoms with van der Waals surface area (Å²) in [6.07, 6.45) is 0. The molecule has 2 amide bonds. The van der Waals surface area contributed by atoms with Gasteiger partial charge >= 0.3 is 0 Å². The maximum absolute atomic E-state index is 12.7. The van der Waals surface area contributed by atoms with Gasteiger partial charge in [0.15, 0.2) is 0 Å². The van der Waals surface area contributed by atoms with Gasteiger partial charge in [-0.05, 0) is 18.6 Å². The Bertz CT molecular complexity index is 801. The van der Waals surface area contributed by atoms with Crippen molar-refractivity contribution in [3.63, 3.8) is 0 Å². The van der Waals surface area contributed by atoms with E-state index in [1.165, 1.54) is 0 Å². The Labute approximate surface area is 146 Å². The second kappa shape index (κ2) is 5.43. The van der Waals surface area contributed by atoms with Crippen molar-refractivity contribution >= 4 is 63.9 Å². The van der Waals surface area contributed by atoms with Crippen LogP contribution < -0.4 is 4.90 Å². The number of carbonyl (C=O) groups excluding carboxylic acids is 2. The molecule has 2 aromatic carbocycles. The highest BCUT2D eigenvalue weighted by Crippen LogP contribution is 2.45. The van der Waals surface area contributed by atoms with Crippen LogP contribution in [0.5, 0.6) is 0 Å². The fraction of sp³-hybridized carbons (Fsp3) is 0.0667. The maximum Gasteiger partial charge on any atom is 0.267 e. The number of benzene rings is 2. The first-order valence-electron chi connectivity index (χ1n) is 6.16. The molecule has 0 aliphatic carbocycles. The first-order valence-corrected chi connectivity index (χ1v) is 7.67. The van der Waals surface area contributed by atoms with E-state index in [1.807, 2.05) is 6.07 Å². The average Bonchev–Trinajstić information content (AvgIpc) is 2.75. The molecule has 0 unspecified atom stereocenters. The number of hydrogen-bond acceptors (Lipinski definition) is 2. The van der Waals surface area contributed by atoms with Gasteiger partial charge in [-0.2, -0.15) is 0 Å². The molecule has 3 rings (SSSR count). The molecule has 0 atom stereocenters. The van der Waals surface area contributed by atoms with Gasteiger partial charge in [0.25, 0.3) is 11.8 Å². The fourth-order valence-corrected chi connectivity index (χ4v) is 3.40. The molecule has 112 valence electrons. The molecule has 1 aliphatic rings. The molecule has 0 saturated carbocycles. The molecule has 22 heavy (non-hydrogen) atoms. The van der Waals surface area contributed by atoms with E-state index in [4.69, 9.17) is 46.4 Å². The average molecular weight is 375 g/mol. The van der Waals surface area contributed by atoms with Gasteiger partial charge in [-0.15, -0.1) is 0 Å². The van der Waals surface area contributed by atoms with Crippen molar-refractivity contribution in [3.05, 3.63) is 61.0 Å². The lowest BCUT2D eigenvalue weighted by Gasteiger charge is -2.16. The maximum atomic E-state index is 12.7. The lowest BCUT2D eigenvalue weighted by Crippen LogP contribution is -2.30. The van der Waals surface area contributed by atoms with Crippen LogP contribution in [0, 0.1) is 6.92 Å². The zero-order chi connectivity index (χ0) is 16.2. The zero-order valence-electron chi connectivity index (χ0n) is 11.1. The van der Waals surface area contributed by atoms with E-state index in [1.54, 1.807) is 25.1 Å². The van der Waals surface area contributed by atoms with E-state index in [0.29, 0.717) is 5.69 Å². The molecule has 1 heterocycles. The second-order valence-corrected chi connectivity index (χ2v) is 6.25. The Hall–Kier alpha value is -1.26. The van der Waals surface area contributed by atoms with Gasteiger partial charge in [-0.3, -0.25) is 9.59 Å². The summed E-state index contributed by atoms with van der Waals surface area (Å²) in [7, 11) is 0. The first-order chi connectivity index (χ1) is 10.4. The number of carbonyl (C=O) groups is 2. The number of aryl methyl sites for hydroxylation is 1. The smallest absolute Gasteiger partial charge is 0.267 e. The van der Waals surface area contributed by atoms with Gasteiger partial charge in [0, 0.05) is 0 Å². The quantitative estimate of drug-likeness (QED) is 0.380. The summed E-state index contributed by atoms with van der Waals surface area (Å²) < 4.78 is 0. The van der Waals surface area contributed by atoms with Crippen molar-refractivity contribution < 1.29 is 9.59 Å². The van der Waals surface area contributed by atoms with Crippen LogP contribution in [0.3, 0.4) is 0 Å². The lowest BCUT2D eigenvalue weighted by atomic mass is 10.1. The van der Waals surface area contributed by atoms with E-state index in [9.17, 15) is 9.59 Å². The Morgan fingerprint density at radius 2 is 1.23 bits per heavy atom.